The summed E-state index contributed by atoms with van der Waals surface area (Å²) in [6.07, 6.45) is 1.57. The summed E-state index contributed by atoms with van der Waals surface area (Å²) in [5.41, 5.74) is 1.92. The maximum atomic E-state index is 13.2. The van der Waals surface area contributed by atoms with Gasteiger partial charge in [0.15, 0.2) is 16.8 Å². The second kappa shape index (κ2) is 6.04. The number of ether oxygens (including phenoxy) is 1. The molecule has 3 aromatic rings. The molecular formula is C15H13F2N3O2S. The van der Waals surface area contributed by atoms with Crippen LogP contribution in [0.25, 0.3) is 11.0 Å². The smallest absolute Gasteiger partial charge is 0.197 e. The molecule has 2 aromatic heterocycles. The predicted octanol–water partition coefficient (Wildman–Crippen LogP) is 2.86. The van der Waals surface area contributed by atoms with Crippen LogP contribution in [0.15, 0.2) is 29.6 Å². The molecule has 1 N–H and O–H groups in total. The molecule has 0 fully saturated rings. The van der Waals surface area contributed by atoms with E-state index in [2.05, 4.69) is 15.0 Å². The standard InChI is InChI=1S/C15H13F2N3O2S/c1-8-13(18-4-3-14(8)22-2)7-23(21)15-19-11-5-9(16)10(17)6-12(11)20-15/h3-6H,7H2,1-2H3,(H,19,20). The molecule has 0 amide bonds. The minimum Gasteiger partial charge on any atom is -0.496 e. The Balaban J connectivity index is 1.92. The van der Waals surface area contributed by atoms with Gasteiger partial charge in [0.1, 0.15) is 5.75 Å². The third-order valence-electron chi connectivity index (χ3n) is 3.46. The average molecular weight is 337 g/mol. The second-order valence-electron chi connectivity index (χ2n) is 4.90. The number of pyridine rings is 1. The van der Waals surface area contributed by atoms with E-state index in [4.69, 9.17) is 4.74 Å². The number of nitrogens with one attached hydrogen (secondary N) is 1. The fourth-order valence-corrected chi connectivity index (χ4v) is 3.31. The normalized spacial score (nSPS) is 12.5. The van der Waals surface area contributed by atoms with Crippen LogP contribution in [0.4, 0.5) is 8.78 Å². The van der Waals surface area contributed by atoms with Crippen molar-refractivity contribution in [3.63, 3.8) is 0 Å². The Kier molecular flexibility index (Phi) is 4.08. The zero-order valence-electron chi connectivity index (χ0n) is 12.4. The predicted molar refractivity (Wildman–Crippen MR) is 81.6 cm³/mol. The lowest BCUT2D eigenvalue weighted by molar-refractivity contribution is 0.410. The van der Waals surface area contributed by atoms with E-state index in [1.165, 1.54) is 0 Å². The largest absolute Gasteiger partial charge is 0.496 e. The molecule has 0 saturated heterocycles. The Labute approximate surface area is 133 Å². The van der Waals surface area contributed by atoms with E-state index in [9.17, 15) is 13.0 Å². The van der Waals surface area contributed by atoms with E-state index in [1.54, 1.807) is 19.4 Å². The number of hydrogen-bond acceptors (Lipinski definition) is 4. The highest BCUT2D eigenvalue weighted by Crippen LogP contribution is 2.22. The van der Waals surface area contributed by atoms with Crippen molar-refractivity contribution in [3.8, 4) is 5.75 Å². The van der Waals surface area contributed by atoms with Gasteiger partial charge < -0.3 is 9.72 Å². The number of methoxy groups -OCH3 is 1. The van der Waals surface area contributed by atoms with Gasteiger partial charge in [-0.05, 0) is 13.0 Å². The monoisotopic (exact) mass is 337 g/mol. The number of halogens is 2. The SMILES string of the molecule is COc1ccnc(CS(=O)c2nc3cc(F)c(F)cc3[nH]2)c1C. The van der Waals surface area contributed by atoms with Crippen molar-refractivity contribution >= 4 is 21.8 Å². The van der Waals surface area contributed by atoms with Crippen LogP contribution < -0.4 is 4.74 Å². The van der Waals surface area contributed by atoms with Crippen molar-refractivity contribution in [2.75, 3.05) is 7.11 Å². The van der Waals surface area contributed by atoms with E-state index in [-0.39, 0.29) is 16.4 Å². The first-order chi connectivity index (χ1) is 11.0. The highest BCUT2D eigenvalue weighted by molar-refractivity contribution is 7.84. The van der Waals surface area contributed by atoms with Gasteiger partial charge in [0.2, 0.25) is 0 Å². The van der Waals surface area contributed by atoms with E-state index < -0.39 is 22.4 Å². The molecule has 0 saturated carbocycles. The molecule has 0 radical (unpaired) electrons. The first-order valence-corrected chi connectivity index (χ1v) is 8.03. The molecule has 5 nitrogen and oxygen atoms in total. The number of fused-ring (bicyclic) bond motifs is 1. The summed E-state index contributed by atoms with van der Waals surface area (Å²) in [7, 11) is 0.0166. The van der Waals surface area contributed by atoms with Crippen LogP contribution >= 0.6 is 0 Å². The third kappa shape index (κ3) is 2.94. The summed E-state index contributed by atoms with van der Waals surface area (Å²) >= 11 is 0. The third-order valence-corrected chi connectivity index (χ3v) is 4.62. The average Bonchev–Trinajstić information content (AvgIpc) is 2.92. The van der Waals surface area contributed by atoms with E-state index in [1.807, 2.05) is 6.92 Å². The summed E-state index contributed by atoms with van der Waals surface area (Å²) < 4.78 is 44.1. The highest BCUT2D eigenvalue weighted by atomic mass is 32.2. The minimum atomic E-state index is -1.53. The maximum Gasteiger partial charge on any atom is 0.197 e. The molecule has 1 atom stereocenters. The number of nitrogens with zero attached hydrogens (tertiary/aromatic N) is 2. The van der Waals surface area contributed by atoms with E-state index in [0.717, 1.165) is 17.7 Å². The van der Waals surface area contributed by atoms with Gasteiger partial charge in [-0.15, -0.1) is 0 Å². The molecule has 1 aromatic carbocycles. The number of hydrogen-bond donors (Lipinski definition) is 1. The molecule has 3 rings (SSSR count). The van der Waals surface area contributed by atoms with Gasteiger partial charge in [0.05, 0.1) is 40.4 Å². The van der Waals surface area contributed by atoms with Crippen LogP contribution in [-0.2, 0) is 16.6 Å². The van der Waals surface area contributed by atoms with Crippen LogP contribution in [0.2, 0.25) is 0 Å². The van der Waals surface area contributed by atoms with Crippen LogP contribution in [0.3, 0.4) is 0 Å². The van der Waals surface area contributed by atoms with Crippen molar-refractivity contribution in [2.45, 2.75) is 17.8 Å². The second-order valence-corrected chi connectivity index (χ2v) is 6.27. The lowest BCUT2D eigenvalue weighted by Crippen LogP contribution is -2.03. The van der Waals surface area contributed by atoms with Gasteiger partial charge in [0.25, 0.3) is 0 Å². The van der Waals surface area contributed by atoms with Crippen molar-refractivity contribution in [3.05, 3.63) is 47.3 Å². The quantitative estimate of drug-likeness (QED) is 0.795. The lowest BCUT2D eigenvalue weighted by Gasteiger charge is -2.08. The summed E-state index contributed by atoms with van der Waals surface area (Å²) in [6, 6.07) is 3.68. The molecule has 120 valence electrons. The Morgan fingerprint density at radius 2 is 2.04 bits per heavy atom. The van der Waals surface area contributed by atoms with Crippen molar-refractivity contribution in [2.24, 2.45) is 0 Å². The maximum absolute atomic E-state index is 13.2. The molecular weight excluding hydrogens is 324 g/mol. The molecule has 23 heavy (non-hydrogen) atoms. The van der Waals surface area contributed by atoms with Gasteiger partial charge in [-0.25, -0.2) is 13.8 Å². The van der Waals surface area contributed by atoms with Crippen LogP contribution in [0, 0.1) is 18.6 Å². The molecule has 0 aliphatic rings. The highest BCUT2D eigenvalue weighted by Gasteiger charge is 2.16. The van der Waals surface area contributed by atoms with E-state index >= 15 is 0 Å². The van der Waals surface area contributed by atoms with Gasteiger partial charge in [0, 0.05) is 23.9 Å². The van der Waals surface area contributed by atoms with Gasteiger partial charge >= 0.3 is 0 Å². The molecule has 8 heteroatoms. The zero-order valence-corrected chi connectivity index (χ0v) is 13.2. The Morgan fingerprint density at radius 3 is 2.78 bits per heavy atom. The van der Waals surface area contributed by atoms with Crippen LogP contribution in [0.5, 0.6) is 5.75 Å². The molecule has 2 heterocycles. The first-order valence-electron chi connectivity index (χ1n) is 6.71. The number of imidazole rings is 1. The van der Waals surface area contributed by atoms with Crippen LogP contribution in [-0.4, -0.2) is 26.3 Å². The molecule has 0 spiro atoms. The fourth-order valence-electron chi connectivity index (χ4n) is 2.21. The number of aromatic amines is 1. The van der Waals surface area contributed by atoms with Gasteiger partial charge in [-0.1, -0.05) is 0 Å². The Hall–Kier alpha value is -2.35. The number of benzene rings is 1. The summed E-state index contributed by atoms with van der Waals surface area (Å²) in [5, 5.41) is 0.147. The summed E-state index contributed by atoms with van der Waals surface area (Å²) in [6.45, 7) is 1.82. The Bertz CT molecular complexity index is 872. The minimum absolute atomic E-state index is 0.119. The summed E-state index contributed by atoms with van der Waals surface area (Å²) in [5.74, 6) is -1.20. The zero-order chi connectivity index (χ0) is 16.6. The van der Waals surface area contributed by atoms with Gasteiger partial charge in [-0.2, -0.15) is 0 Å². The number of H-pyrrole nitrogens is 1. The first kappa shape index (κ1) is 15.5. The topological polar surface area (TPSA) is 67.9 Å². The van der Waals surface area contributed by atoms with Crippen molar-refractivity contribution < 1.29 is 17.7 Å². The fraction of sp³-hybridized carbons (Fsp3) is 0.200. The molecule has 0 aliphatic carbocycles. The van der Waals surface area contributed by atoms with Crippen LogP contribution in [0.1, 0.15) is 11.3 Å². The Morgan fingerprint density at radius 1 is 1.30 bits per heavy atom. The van der Waals surface area contributed by atoms with E-state index in [0.29, 0.717) is 17.0 Å². The number of rotatable bonds is 4. The lowest BCUT2D eigenvalue weighted by atomic mass is 10.2. The molecule has 0 aliphatic heterocycles. The molecule has 0 bridgehead atoms. The van der Waals surface area contributed by atoms with Crippen molar-refractivity contribution in [1.82, 2.24) is 15.0 Å². The number of aromatic nitrogens is 3. The molecule has 1 unspecified atom stereocenters. The van der Waals surface area contributed by atoms with Gasteiger partial charge in [-0.3, -0.25) is 9.19 Å². The summed E-state index contributed by atoms with van der Waals surface area (Å²) in [4.78, 5) is 11.0. The van der Waals surface area contributed by atoms with Crippen molar-refractivity contribution in [1.29, 1.82) is 0 Å².